The number of aliphatic hydroxyl groups is 1. The summed E-state index contributed by atoms with van der Waals surface area (Å²) in [6.45, 7) is 7.23. The standard InChI is InChI=1S/C32H38N2O6.C2H2O4/c1-6-39-32(36)31-22(3)34(24-10-7-21(2)8-11-24)28-13-12-26(18-27(28)31)40-20-25(35)19-33-16-15-23-9-14-29(37-4)30(17-23)38-5;3-1(4)2(5)6/h7-14,17-18,25,33,35H,6,15-16,19-20H2,1-5H3;(H,3,4)(H,5,6). The number of aromatic nitrogens is 1. The molecule has 12 nitrogen and oxygen atoms in total. The molecule has 4 N–H and O–H groups in total. The van der Waals surface area contributed by atoms with Gasteiger partial charge in [-0.25, -0.2) is 14.4 Å². The molecule has 1 atom stereocenters. The number of carboxylic acid groups (broad SMARTS) is 2. The number of aryl methyl sites for hydroxylation is 1. The van der Waals surface area contributed by atoms with Gasteiger partial charge in [0.15, 0.2) is 11.5 Å². The van der Waals surface area contributed by atoms with E-state index in [-0.39, 0.29) is 19.2 Å². The molecule has 46 heavy (non-hydrogen) atoms. The first kappa shape index (κ1) is 35.4. The fraction of sp³-hybridized carbons (Fsp3) is 0.324. The van der Waals surface area contributed by atoms with E-state index in [9.17, 15) is 9.90 Å². The van der Waals surface area contributed by atoms with Crippen LogP contribution in [0.1, 0.15) is 34.1 Å². The predicted molar refractivity (Wildman–Crippen MR) is 172 cm³/mol. The van der Waals surface area contributed by atoms with Crippen molar-refractivity contribution in [2.45, 2.75) is 33.3 Å². The van der Waals surface area contributed by atoms with E-state index < -0.39 is 18.0 Å². The summed E-state index contributed by atoms with van der Waals surface area (Å²) in [7, 11) is 3.23. The Bertz CT molecular complexity index is 1630. The number of carbonyl (C=O) groups is 3. The zero-order valence-electron chi connectivity index (χ0n) is 26.5. The summed E-state index contributed by atoms with van der Waals surface area (Å²) in [5, 5.41) is 29.3. The van der Waals surface area contributed by atoms with Crippen LogP contribution < -0.4 is 19.5 Å². The predicted octanol–water partition coefficient (Wildman–Crippen LogP) is 4.17. The number of hydrogen-bond donors (Lipinski definition) is 4. The maximum atomic E-state index is 12.9. The fourth-order valence-corrected chi connectivity index (χ4v) is 4.76. The summed E-state index contributed by atoms with van der Waals surface area (Å²) in [5.74, 6) is -2.05. The van der Waals surface area contributed by atoms with Gasteiger partial charge in [0, 0.05) is 23.3 Å². The van der Waals surface area contributed by atoms with Crippen LogP contribution in [0.4, 0.5) is 0 Å². The van der Waals surface area contributed by atoms with Crippen molar-refractivity contribution in [3.63, 3.8) is 0 Å². The monoisotopic (exact) mass is 636 g/mol. The van der Waals surface area contributed by atoms with Gasteiger partial charge < -0.3 is 44.2 Å². The van der Waals surface area contributed by atoms with Crippen LogP contribution in [0.2, 0.25) is 0 Å². The van der Waals surface area contributed by atoms with Gasteiger partial charge in [-0.1, -0.05) is 23.8 Å². The lowest BCUT2D eigenvalue weighted by atomic mass is 10.1. The molecule has 0 saturated heterocycles. The number of nitrogens with zero attached hydrogens (tertiary/aromatic N) is 1. The number of nitrogens with one attached hydrogen (secondary N) is 1. The van der Waals surface area contributed by atoms with Crippen LogP contribution in [-0.2, 0) is 20.7 Å². The average Bonchev–Trinajstić information content (AvgIpc) is 3.33. The summed E-state index contributed by atoms with van der Waals surface area (Å²) in [5.41, 5.74) is 5.43. The molecule has 246 valence electrons. The van der Waals surface area contributed by atoms with E-state index in [1.54, 1.807) is 21.1 Å². The number of benzene rings is 3. The normalized spacial score (nSPS) is 11.3. The van der Waals surface area contributed by atoms with E-state index in [1.807, 2.05) is 74.5 Å². The number of hydrogen-bond acceptors (Lipinski definition) is 9. The molecular weight excluding hydrogens is 596 g/mol. The highest BCUT2D eigenvalue weighted by molar-refractivity contribution is 6.27. The third-order valence-corrected chi connectivity index (χ3v) is 6.99. The Kier molecular flexibility index (Phi) is 13.0. The third kappa shape index (κ3) is 9.22. The summed E-state index contributed by atoms with van der Waals surface area (Å²) < 4.78 is 24.0. The second-order valence-electron chi connectivity index (χ2n) is 10.2. The second kappa shape index (κ2) is 16.8. The maximum absolute atomic E-state index is 12.9. The molecule has 1 aromatic heterocycles. The highest BCUT2D eigenvalue weighted by atomic mass is 16.5. The smallest absolute Gasteiger partial charge is 0.414 e. The minimum absolute atomic E-state index is 0.112. The Hall–Kier alpha value is -5.07. The van der Waals surface area contributed by atoms with Crippen LogP contribution >= 0.6 is 0 Å². The zero-order valence-corrected chi connectivity index (χ0v) is 26.5. The third-order valence-electron chi connectivity index (χ3n) is 6.99. The van der Waals surface area contributed by atoms with Gasteiger partial charge in [-0.15, -0.1) is 0 Å². The second-order valence-corrected chi connectivity index (χ2v) is 10.2. The topological polar surface area (TPSA) is 166 Å². The fourth-order valence-electron chi connectivity index (χ4n) is 4.76. The van der Waals surface area contributed by atoms with Crippen LogP contribution in [0, 0.1) is 13.8 Å². The summed E-state index contributed by atoms with van der Waals surface area (Å²) in [6.07, 6.45) is 0.0722. The van der Waals surface area contributed by atoms with Crippen molar-refractivity contribution >= 4 is 28.8 Å². The SMILES string of the molecule is CCOC(=O)c1c(C)n(-c2ccc(C)cc2)c2ccc(OCC(O)CNCCc3ccc(OC)c(OC)c3)cc12.O=C(O)C(=O)O. The molecule has 0 radical (unpaired) electrons. The van der Waals surface area contributed by atoms with Crippen LogP contribution in [0.25, 0.3) is 16.6 Å². The number of fused-ring (bicyclic) bond motifs is 1. The van der Waals surface area contributed by atoms with Gasteiger partial charge in [-0.2, -0.15) is 0 Å². The van der Waals surface area contributed by atoms with Crippen molar-refractivity contribution in [1.29, 1.82) is 0 Å². The van der Waals surface area contributed by atoms with Crippen molar-refractivity contribution < 1.29 is 48.7 Å². The molecule has 12 heteroatoms. The maximum Gasteiger partial charge on any atom is 0.414 e. The molecule has 1 heterocycles. The quantitative estimate of drug-likeness (QED) is 0.0945. The lowest BCUT2D eigenvalue weighted by Gasteiger charge is -2.14. The lowest BCUT2D eigenvalue weighted by molar-refractivity contribution is -0.159. The van der Waals surface area contributed by atoms with Gasteiger partial charge >= 0.3 is 17.9 Å². The Labute approximate surface area is 267 Å². The molecule has 0 fully saturated rings. The van der Waals surface area contributed by atoms with Crippen molar-refractivity contribution in [3.05, 3.63) is 83.0 Å². The van der Waals surface area contributed by atoms with E-state index in [4.69, 9.17) is 38.7 Å². The van der Waals surface area contributed by atoms with E-state index in [0.717, 1.165) is 39.8 Å². The molecule has 0 aliphatic heterocycles. The largest absolute Gasteiger partial charge is 0.493 e. The molecule has 4 aromatic rings. The summed E-state index contributed by atoms with van der Waals surface area (Å²) in [4.78, 5) is 31.1. The number of rotatable bonds is 13. The molecule has 0 amide bonds. The van der Waals surface area contributed by atoms with E-state index in [0.29, 0.717) is 35.9 Å². The Morgan fingerprint density at radius 1 is 0.891 bits per heavy atom. The zero-order chi connectivity index (χ0) is 33.8. The molecule has 1 unspecified atom stereocenters. The molecule has 0 bridgehead atoms. The number of carboxylic acids is 2. The van der Waals surface area contributed by atoms with E-state index >= 15 is 0 Å². The van der Waals surface area contributed by atoms with Crippen molar-refractivity contribution in [2.75, 3.05) is 40.5 Å². The van der Waals surface area contributed by atoms with Gasteiger partial charge in [0.2, 0.25) is 0 Å². The van der Waals surface area contributed by atoms with Crippen molar-refractivity contribution in [3.8, 4) is 22.9 Å². The van der Waals surface area contributed by atoms with Gasteiger partial charge in [0.1, 0.15) is 18.5 Å². The number of ether oxygens (including phenoxy) is 4. The first-order valence-corrected chi connectivity index (χ1v) is 14.6. The van der Waals surface area contributed by atoms with Gasteiger partial charge in [-0.3, -0.25) is 0 Å². The van der Waals surface area contributed by atoms with Crippen molar-refractivity contribution in [1.82, 2.24) is 9.88 Å². The highest BCUT2D eigenvalue weighted by Crippen LogP contribution is 2.33. The number of carbonyl (C=O) groups excluding carboxylic acids is 1. The first-order valence-electron chi connectivity index (χ1n) is 14.6. The summed E-state index contributed by atoms with van der Waals surface area (Å²) >= 11 is 0. The minimum Gasteiger partial charge on any atom is -0.493 e. The van der Waals surface area contributed by atoms with E-state index in [1.165, 1.54) is 0 Å². The van der Waals surface area contributed by atoms with Crippen LogP contribution in [0.3, 0.4) is 0 Å². The summed E-state index contributed by atoms with van der Waals surface area (Å²) in [6, 6.07) is 19.6. The Morgan fingerprint density at radius 2 is 1.57 bits per heavy atom. The first-order chi connectivity index (χ1) is 22.0. The van der Waals surface area contributed by atoms with Gasteiger partial charge in [0.05, 0.1) is 31.9 Å². The van der Waals surface area contributed by atoms with Crippen molar-refractivity contribution in [2.24, 2.45) is 0 Å². The van der Waals surface area contributed by atoms with Gasteiger partial charge in [0.25, 0.3) is 0 Å². The van der Waals surface area contributed by atoms with Gasteiger partial charge in [-0.05, 0) is 81.8 Å². The molecular formula is C34H40N2O10. The molecule has 0 spiro atoms. The molecule has 3 aromatic carbocycles. The lowest BCUT2D eigenvalue weighted by Crippen LogP contribution is -2.32. The van der Waals surface area contributed by atoms with Crippen LogP contribution in [0.5, 0.6) is 17.2 Å². The molecule has 4 rings (SSSR count). The Balaban J connectivity index is 0.000000875. The van der Waals surface area contributed by atoms with Crippen LogP contribution in [-0.4, -0.2) is 84.4 Å². The molecule has 0 aliphatic rings. The molecule has 0 saturated carbocycles. The number of aliphatic carboxylic acids is 2. The number of aliphatic hydroxyl groups excluding tert-OH is 1. The Morgan fingerprint density at radius 3 is 2.17 bits per heavy atom. The van der Waals surface area contributed by atoms with E-state index in [2.05, 4.69) is 9.88 Å². The molecule has 0 aliphatic carbocycles. The van der Waals surface area contributed by atoms with Crippen LogP contribution in [0.15, 0.2) is 60.7 Å². The number of esters is 1. The number of methoxy groups -OCH3 is 2. The average molecular weight is 637 g/mol. The highest BCUT2D eigenvalue weighted by Gasteiger charge is 2.22. The minimum atomic E-state index is -1.82.